The van der Waals surface area contributed by atoms with Crippen LogP contribution in [-0.2, 0) is 9.59 Å². The Morgan fingerprint density at radius 3 is 2.32 bits per heavy atom. The molecule has 1 saturated heterocycles. The van der Waals surface area contributed by atoms with Crippen molar-refractivity contribution in [3.63, 3.8) is 0 Å². The van der Waals surface area contributed by atoms with Crippen molar-refractivity contribution in [2.24, 2.45) is 0 Å². The van der Waals surface area contributed by atoms with Gasteiger partial charge in [0.25, 0.3) is 0 Å². The molecule has 1 aliphatic rings. The molecule has 8 heteroatoms. The molecule has 0 atom stereocenters. The van der Waals surface area contributed by atoms with Gasteiger partial charge in [0.15, 0.2) is 0 Å². The molecule has 154 valence electrons. The maximum atomic E-state index is 12.5. The van der Waals surface area contributed by atoms with Crippen LogP contribution >= 0.6 is 11.6 Å². The number of urea groups is 1. The standard InChI is InChI=1S/C20H29ClN4O3/c1-15(2)22-18(26)5-3-6-19(27)24-11-4-12-25(14-13-24)20(28)23-17-9-7-16(21)8-10-17/h7-10,15H,3-6,11-14H2,1-2H3,(H,22,26)(H,23,28). The van der Waals surface area contributed by atoms with Crippen LogP contribution in [0.3, 0.4) is 0 Å². The minimum absolute atomic E-state index is 0.0243. The number of amides is 4. The average Bonchev–Trinajstić information content (AvgIpc) is 2.89. The van der Waals surface area contributed by atoms with Gasteiger partial charge < -0.3 is 20.4 Å². The number of nitrogens with one attached hydrogen (secondary N) is 2. The molecule has 28 heavy (non-hydrogen) atoms. The van der Waals surface area contributed by atoms with Crippen molar-refractivity contribution in [2.75, 3.05) is 31.5 Å². The third-order valence-electron chi connectivity index (χ3n) is 4.48. The molecule has 0 spiro atoms. The molecule has 0 unspecified atom stereocenters. The minimum atomic E-state index is -0.179. The average molecular weight is 409 g/mol. The van der Waals surface area contributed by atoms with Gasteiger partial charge in [-0.2, -0.15) is 0 Å². The SMILES string of the molecule is CC(C)NC(=O)CCCC(=O)N1CCCN(C(=O)Nc2ccc(Cl)cc2)CC1. The highest BCUT2D eigenvalue weighted by atomic mass is 35.5. The summed E-state index contributed by atoms with van der Waals surface area (Å²) < 4.78 is 0. The van der Waals surface area contributed by atoms with E-state index in [1.807, 2.05) is 13.8 Å². The molecule has 1 fully saturated rings. The minimum Gasteiger partial charge on any atom is -0.354 e. The summed E-state index contributed by atoms with van der Waals surface area (Å²) in [6.45, 7) is 6.04. The third kappa shape index (κ3) is 7.38. The summed E-state index contributed by atoms with van der Waals surface area (Å²) in [5.41, 5.74) is 0.686. The van der Waals surface area contributed by atoms with Crippen LogP contribution in [-0.4, -0.2) is 59.9 Å². The quantitative estimate of drug-likeness (QED) is 0.758. The molecule has 0 aromatic heterocycles. The lowest BCUT2D eigenvalue weighted by Gasteiger charge is -2.22. The normalized spacial score (nSPS) is 14.6. The van der Waals surface area contributed by atoms with Crippen molar-refractivity contribution in [2.45, 2.75) is 45.6 Å². The summed E-state index contributed by atoms with van der Waals surface area (Å²) in [4.78, 5) is 40.0. The Balaban J connectivity index is 1.75. The number of hydrogen-bond donors (Lipinski definition) is 2. The first-order valence-corrected chi connectivity index (χ1v) is 10.1. The van der Waals surface area contributed by atoms with Crippen LogP contribution < -0.4 is 10.6 Å². The smallest absolute Gasteiger partial charge is 0.321 e. The van der Waals surface area contributed by atoms with Crippen molar-refractivity contribution in [1.29, 1.82) is 0 Å². The second kappa shape index (κ2) is 10.9. The van der Waals surface area contributed by atoms with E-state index in [0.717, 1.165) is 6.42 Å². The monoisotopic (exact) mass is 408 g/mol. The Bertz CT molecular complexity index is 679. The molecule has 0 saturated carbocycles. The number of hydrogen-bond acceptors (Lipinski definition) is 3. The summed E-state index contributed by atoms with van der Waals surface area (Å²) in [5, 5.41) is 6.29. The fraction of sp³-hybridized carbons (Fsp3) is 0.550. The van der Waals surface area contributed by atoms with Crippen molar-refractivity contribution in [3.05, 3.63) is 29.3 Å². The molecule has 1 aromatic rings. The van der Waals surface area contributed by atoms with E-state index in [0.29, 0.717) is 56.2 Å². The van der Waals surface area contributed by atoms with E-state index in [4.69, 9.17) is 11.6 Å². The molecule has 0 aliphatic carbocycles. The summed E-state index contributed by atoms with van der Waals surface area (Å²) in [7, 11) is 0. The second-order valence-corrected chi connectivity index (χ2v) is 7.67. The van der Waals surface area contributed by atoms with Crippen molar-refractivity contribution < 1.29 is 14.4 Å². The molecule has 0 radical (unpaired) electrons. The van der Waals surface area contributed by atoms with Gasteiger partial charge in [-0.05, 0) is 51.0 Å². The second-order valence-electron chi connectivity index (χ2n) is 7.23. The van der Waals surface area contributed by atoms with E-state index >= 15 is 0 Å². The van der Waals surface area contributed by atoms with Gasteiger partial charge in [0.2, 0.25) is 11.8 Å². The molecule has 1 aromatic carbocycles. The van der Waals surface area contributed by atoms with E-state index in [2.05, 4.69) is 10.6 Å². The zero-order valence-corrected chi connectivity index (χ0v) is 17.3. The summed E-state index contributed by atoms with van der Waals surface area (Å²) in [6, 6.07) is 6.89. The van der Waals surface area contributed by atoms with Gasteiger partial charge in [-0.15, -0.1) is 0 Å². The van der Waals surface area contributed by atoms with E-state index in [-0.39, 0.29) is 23.9 Å². The van der Waals surface area contributed by atoms with Crippen LogP contribution in [0.2, 0.25) is 5.02 Å². The van der Waals surface area contributed by atoms with Crippen LogP contribution in [0.25, 0.3) is 0 Å². The Hall–Kier alpha value is -2.28. The van der Waals surface area contributed by atoms with Crippen LogP contribution in [0.1, 0.15) is 39.5 Å². The van der Waals surface area contributed by atoms with Crippen LogP contribution in [0.4, 0.5) is 10.5 Å². The Kier molecular flexibility index (Phi) is 8.57. The number of carbonyl (C=O) groups is 3. The first kappa shape index (κ1) is 22.0. The fourth-order valence-electron chi connectivity index (χ4n) is 3.06. The molecule has 2 N–H and O–H groups in total. The van der Waals surface area contributed by atoms with Gasteiger partial charge in [0.1, 0.15) is 0 Å². The first-order valence-electron chi connectivity index (χ1n) is 9.74. The number of anilines is 1. The number of rotatable bonds is 6. The lowest BCUT2D eigenvalue weighted by Crippen LogP contribution is -2.39. The predicted octanol–water partition coefficient (Wildman–Crippen LogP) is 3.10. The fourth-order valence-corrected chi connectivity index (χ4v) is 3.18. The maximum Gasteiger partial charge on any atom is 0.321 e. The summed E-state index contributed by atoms with van der Waals surface area (Å²) in [5.74, 6) is 0.0148. The Morgan fingerprint density at radius 2 is 1.64 bits per heavy atom. The van der Waals surface area contributed by atoms with Gasteiger partial charge in [-0.25, -0.2) is 4.79 Å². The lowest BCUT2D eigenvalue weighted by atomic mass is 10.2. The highest BCUT2D eigenvalue weighted by molar-refractivity contribution is 6.30. The van der Waals surface area contributed by atoms with E-state index in [1.54, 1.807) is 34.1 Å². The van der Waals surface area contributed by atoms with E-state index < -0.39 is 0 Å². The van der Waals surface area contributed by atoms with E-state index in [1.165, 1.54) is 0 Å². The Labute approximate surface area is 171 Å². The van der Waals surface area contributed by atoms with Crippen LogP contribution in [0.5, 0.6) is 0 Å². The molecule has 7 nitrogen and oxygen atoms in total. The van der Waals surface area contributed by atoms with Crippen molar-refractivity contribution in [3.8, 4) is 0 Å². The summed E-state index contributed by atoms with van der Waals surface area (Å²) in [6.07, 6.45) is 1.97. The van der Waals surface area contributed by atoms with Crippen molar-refractivity contribution in [1.82, 2.24) is 15.1 Å². The molecule has 0 bridgehead atoms. The third-order valence-corrected chi connectivity index (χ3v) is 4.73. The number of carbonyl (C=O) groups excluding carboxylic acids is 3. The predicted molar refractivity (Wildman–Crippen MR) is 110 cm³/mol. The number of nitrogens with zero attached hydrogens (tertiary/aromatic N) is 2. The zero-order chi connectivity index (χ0) is 20.5. The Morgan fingerprint density at radius 1 is 1.00 bits per heavy atom. The summed E-state index contributed by atoms with van der Waals surface area (Å²) >= 11 is 5.86. The van der Waals surface area contributed by atoms with Crippen LogP contribution in [0, 0.1) is 0 Å². The van der Waals surface area contributed by atoms with Crippen LogP contribution in [0.15, 0.2) is 24.3 Å². The molecule has 1 heterocycles. The number of halogens is 1. The first-order chi connectivity index (χ1) is 13.3. The molecule has 4 amide bonds. The molecular weight excluding hydrogens is 380 g/mol. The van der Waals surface area contributed by atoms with Gasteiger partial charge in [0.05, 0.1) is 0 Å². The molecule has 2 rings (SSSR count). The zero-order valence-electron chi connectivity index (χ0n) is 16.5. The van der Waals surface area contributed by atoms with Crippen molar-refractivity contribution >= 4 is 35.1 Å². The van der Waals surface area contributed by atoms with E-state index in [9.17, 15) is 14.4 Å². The lowest BCUT2D eigenvalue weighted by molar-refractivity contribution is -0.131. The highest BCUT2D eigenvalue weighted by Crippen LogP contribution is 2.15. The highest BCUT2D eigenvalue weighted by Gasteiger charge is 2.22. The topological polar surface area (TPSA) is 81.8 Å². The largest absolute Gasteiger partial charge is 0.354 e. The molecular formula is C20H29ClN4O3. The molecule has 1 aliphatic heterocycles. The van der Waals surface area contributed by atoms with Gasteiger partial charge >= 0.3 is 6.03 Å². The van der Waals surface area contributed by atoms with Gasteiger partial charge in [0, 0.05) is 55.8 Å². The maximum absolute atomic E-state index is 12.5. The van der Waals surface area contributed by atoms with Gasteiger partial charge in [-0.3, -0.25) is 9.59 Å². The number of benzene rings is 1. The van der Waals surface area contributed by atoms with Gasteiger partial charge in [-0.1, -0.05) is 11.6 Å².